The van der Waals surface area contributed by atoms with E-state index in [2.05, 4.69) is 12.2 Å². The summed E-state index contributed by atoms with van der Waals surface area (Å²) >= 11 is 0. The van der Waals surface area contributed by atoms with E-state index in [1.54, 1.807) is 0 Å². The van der Waals surface area contributed by atoms with Gasteiger partial charge in [0.1, 0.15) is 0 Å². The van der Waals surface area contributed by atoms with Crippen LogP contribution in [0.1, 0.15) is 45.4 Å². The first-order valence-electron chi connectivity index (χ1n) is 7.08. The third-order valence-corrected chi connectivity index (χ3v) is 4.56. The molecule has 98 valence electrons. The number of hydrogen-bond acceptors (Lipinski definition) is 2. The van der Waals surface area contributed by atoms with Gasteiger partial charge in [0, 0.05) is 19.0 Å². The fourth-order valence-electron chi connectivity index (χ4n) is 3.36. The molecule has 0 aromatic rings. The topological polar surface area (TPSA) is 32.3 Å². The van der Waals surface area contributed by atoms with Crippen molar-refractivity contribution in [3.63, 3.8) is 0 Å². The van der Waals surface area contributed by atoms with Crippen molar-refractivity contribution < 1.29 is 4.79 Å². The number of piperidine rings is 1. The van der Waals surface area contributed by atoms with Gasteiger partial charge in [0.25, 0.3) is 0 Å². The molecule has 0 radical (unpaired) electrons. The Balaban J connectivity index is 1.85. The van der Waals surface area contributed by atoms with Gasteiger partial charge in [0.2, 0.25) is 5.91 Å². The molecule has 2 aliphatic rings. The van der Waals surface area contributed by atoms with Crippen LogP contribution in [0.4, 0.5) is 0 Å². The first-order valence-corrected chi connectivity index (χ1v) is 7.08. The second kappa shape index (κ2) is 5.38. The van der Waals surface area contributed by atoms with Crippen molar-refractivity contribution in [2.45, 2.75) is 45.4 Å². The minimum Gasteiger partial charge on any atom is -0.345 e. The van der Waals surface area contributed by atoms with Gasteiger partial charge in [-0.05, 0) is 44.7 Å². The molecule has 0 spiro atoms. The van der Waals surface area contributed by atoms with Gasteiger partial charge in [-0.15, -0.1) is 0 Å². The highest BCUT2D eigenvalue weighted by Crippen LogP contribution is 2.39. The zero-order valence-corrected chi connectivity index (χ0v) is 11.3. The van der Waals surface area contributed by atoms with Gasteiger partial charge in [0.15, 0.2) is 0 Å². The summed E-state index contributed by atoms with van der Waals surface area (Å²) in [5.41, 5.74) is -0.0539. The summed E-state index contributed by atoms with van der Waals surface area (Å²) in [6, 6.07) is 0. The van der Waals surface area contributed by atoms with Crippen molar-refractivity contribution >= 4 is 5.91 Å². The summed E-state index contributed by atoms with van der Waals surface area (Å²) in [6.45, 7) is 5.34. The van der Waals surface area contributed by atoms with E-state index in [-0.39, 0.29) is 5.41 Å². The second-order valence-electron chi connectivity index (χ2n) is 6.15. The molecule has 0 aromatic heterocycles. The van der Waals surface area contributed by atoms with E-state index in [4.69, 9.17) is 0 Å². The van der Waals surface area contributed by atoms with Crippen LogP contribution in [0.15, 0.2) is 0 Å². The summed E-state index contributed by atoms with van der Waals surface area (Å²) in [7, 11) is 1.99. The first-order chi connectivity index (χ1) is 8.12. The summed E-state index contributed by atoms with van der Waals surface area (Å²) in [5.74, 6) is 1.09. The van der Waals surface area contributed by atoms with Gasteiger partial charge < -0.3 is 10.2 Å². The summed E-state index contributed by atoms with van der Waals surface area (Å²) in [6.07, 6.45) is 7.06. The van der Waals surface area contributed by atoms with Crippen LogP contribution in [0, 0.1) is 11.3 Å². The van der Waals surface area contributed by atoms with Crippen molar-refractivity contribution in [2.75, 3.05) is 26.7 Å². The Morgan fingerprint density at radius 1 is 1.29 bits per heavy atom. The molecule has 2 rings (SSSR count). The summed E-state index contributed by atoms with van der Waals surface area (Å²) in [4.78, 5) is 14.5. The van der Waals surface area contributed by atoms with Gasteiger partial charge >= 0.3 is 0 Å². The van der Waals surface area contributed by atoms with Crippen LogP contribution < -0.4 is 5.32 Å². The third-order valence-electron chi connectivity index (χ3n) is 4.56. The van der Waals surface area contributed by atoms with Crippen LogP contribution in [0.25, 0.3) is 0 Å². The molecule has 1 aliphatic carbocycles. The highest BCUT2D eigenvalue weighted by Gasteiger charge is 2.38. The standard InChI is InChI=1S/C14H26N2O/c1-14(7-3-4-8-14)13(17)16(2)11-12-5-9-15-10-6-12/h12,15H,3-11H2,1-2H3. The van der Waals surface area contributed by atoms with E-state index < -0.39 is 0 Å². The van der Waals surface area contributed by atoms with E-state index in [1.807, 2.05) is 11.9 Å². The Morgan fingerprint density at radius 3 is 2.47 bits per heavy atom. The molecule has 0 unspecified atom stereocenters. The van der Waals surface area contributed by atoms with Crippen molar-refractivity contribution in [1.82, 2.24) is 10.2 Å². The fourth-order valence-corrected chi connectivity index (χ4v) is 3.36. The van der Waals surface area contributed by atoms with E-state index in [0.29, 0.717) is 11.8 Å². The maximum atomic E-state index is 12.5. The van der Waals surface area contributed by atoms with Crippen LogP contribution >= 0.6 is 0 Å². The number of carbonyl (C=O) groups excluding carboxylic acids is 1. The molecule has 0 bridgehead atoms. The molecule has 2 fully saturated rings. The Morgan fingerprint density at radius 2 is 1.88 bits per heavy atom. The molecule has 1 heterocycles. The van der Waals surface area contributed by atoms with Crippen LogP contribution in [0.2, 0.25) is 0 Å². The highest BCUT2D eigenvalue weighted by molar-refractivity contribution is 5.82. The van der Waals surface area contributed by atoms with Crippen molar-refractivity contribution in [3.8, 4) is 0 Å². The van der Waals surface area contributed by atoms with Crippen molar-refractivity contribution in [3.05, 3.63) is 0 Å². The molecule has 1 aliphatic heterocycles. The monoisotopic (exact) mass is 238 g/mol. The summed E-state index contributed by atoms with van der Waals surface area (Å²) < 4.78 is 0. The lowest BCUT2D eigenvalue weighted by molar-refractivity contribution is -0.140. The molecular weight excluding hydrogens is 212 g/mol. The lowest BCUT2D eigenvalue weighted by atomic mass is 9.86. The Bertz CT molecular complexity index is 265. The van der Waals surface area contributed by atoms with Crippen molar-refractivity contribution in [2.24, 2.45) is 11.3 Å². The van der Waals surface area contributed by atoms with Gasteiger partial charge in [0.05, 0.1) is 0 Å². The van der Waals surface area contributed by atoms with Gasteiger partial charge in [-0.2, -0.15) is 0 Å². The number of nitrogens with zero attached hydrogens (tertiary/aromatic N) is 1. The lowest BCUT2D eigenvalue weighted by Gasteiger charge is -2.32. The quantitative estimate of drug-likeness (QED) is 0.816. The van der Waals surface area contributed by atoms with Crippen LogP contribution in [-0.2, 0) is 4.79 Å². The average molecular weight is 238 g/mol. The molecule has 3 nitrogen and oxygen atoms in total. The third kappa shape index (κ3) is 3.01. The van der Waals surface area contributed by atoms with Crippen LogP contribution in [0.3, 0.4) is 0 Å². The second-order valence-corrected chi connectivity index (χ2v) is 6.15. The molecule has 1 saturated heterocycles. The van der Waals surface area contributed by atoms with E-state index in [9.17, 15) is 4.79 Å². The number of hydrogen-bond donors (Lipinski definition) is 1. The lowest BCUT2D eigenvalue weighted by Crippen LogP contribution is -2.42. The highest BCUT2D eigenvalue weighted by atomic mass is 16.2. The Hall–Kier alpha value is -0.570. The number of nitrogens with one attached hydrogen (secondary N) is 1. The largest absolute Gasteiger partial charge is 0.345 e. The maximum Gasteiger partial charge on any atom is 0.228 e. The fraction of sp³-hybridized carbons (Fsp3) is 0.929. The van der Waals surface area contributed by atoms with E-state index in [0.717, 1.165) is 32.5 Å². The predicted molar refractivity (Wildman–Crippen MR) is 69.8 cm³/mol. The van der Waals surface area contributed by atoms with E-state index in [1.165, 1.54) is 25.7 Å². The molecule has 1 amide bonds. The Kier molecular flexibility index (Phi) is 4.08. The van der Waals surface area contributed by atoms with Gasteiger partial charge in [-0.25, -0.2) is 0 Å². The minimum absolute atomic E-state index is 0.0539. The van der Waals surface area contributed by atoms with Gasteiger partial charge in [-0.3, -0.25) is 4.79 Å². The SMILES string of the molecule is CN(CC1CCNCC1)C(=O)C1(C)CCCC1. The normalized spacial score (nSPS) is 24.8. The molecule has 0 aromatic carbocycles. The summed E-state index contributed by atoms with van der Waals surface area (Å²) in [5, 5.41) is 3.38. The maximum absolute atomic E-state index is 12.5. The molecule has 1 saturated carbocycles. The van der Waals surface area contributed by atoms with Crippen molar-refractivity contribution in [1.29, 1.82) is 0 Å². The molecule has 1 N–H and O–H groups in total. The zero-order chi connectivity index (χ0) is 12.3. The van der Waals surface area contributed by atoms with Crippen LogP contribution in [0.5, 0.6) is 0 Å². The average Bonchev–Trinajstić information content (AvgIpc) is 2.78. The smallest absolute Gasteiger partial charge is 0.228 e. The van der Waals surface area contributed by atoms with Gasteiger partial charge in [-0.1, -0.05) is 19.8 Å². The molecule has 0 atom stereocenters. The number of amides is 1. The predicted octanol–water partition coefficient (Wildman–Crippen LogP) is 2.02. The minimum atomic E-state index is -0.0539. The molecular formula is C14H26N2O. The zero-order valence-electron chi connectivity index (χ0n) is 11.3. The molecule has 17 heavy (non-hydrogen) atoms. The first kappa shape index (κ1) is 12.9. The molecule has 3 heteroatoms. The number of carbonyl (C=O) groups is 1. The Labute approximate surface area is 105 Å². The van der Waals surface area contributed by atoms with E-state index >= 15 is 0 Å². The number of rotatable bonds is 3. The van der Waals surface area contributed by atoms with Crippen LogP contribution in [-0.4, -0.2) is 37.5 Å².